The summed E-state index contributed by atoms with van der Waals surface area (Å²) in [5, 5.41) is 0. The summed E-state index contributed by atoms with van der Waals surface area (Å²) in [6, 6.07) is 2.93. The number of benzene rings is 1. The number of rotatable bonds is 5. The molecule has 1 fully saturated rings. The van der Waals surface area contributed by atoms with Gasteiger partial charge in [-0.1, -0.05) is 6.92 Å². The Labute approximate surface area is 118 Å². The van der Waals surface area contributed by atoms with E-state index < -0.39 is 11.6 Å². The van der Waals surface area contributed by atoms with Crippen LogP contribution in [0.3, 0.4) is 0 Å². The van der Waals surface area contributed by atoms with Crippen molar-refractivity contribution in [2.75, 3.05) is 26.9 Å². The van der Waals surface area contributed by atoms with Gasteiger partial charge in [-0.3, -0.25) is 4.90 Å². The molecule has 20 heavy (non-hydrogen) atoms. The fourth-order valence-corrected chi connectivity index (χ4v) is 2.67. The predicted molar refractivity (Wildman–Crippen MR) is 72.8 cm³/mol. The summed E-state index contributed by atoms with van der Waals surface area (Å²) in [4.78, 5) is 2.16. The van der Waals surface area contributed by atoms with Crippen LogP contribution in [0, 0.1) is 11.6 Å². The Hall–Kier alpha value is -1.20. The summed E-state index contributed by atoms with van der Waals surface area (Å²) in [6.07, 6.45) is 1.85. The van der Waals surface area contributed by atoms with E-state index in [0.29, 0.717) is 23.9 Å². The Morgan fingerprint density at radius 1 is 1.30 bits per heavy atom. The molecule has 1 saturated heterocycles. The smallest absolute Gasteiger partial charge is 0.167 e. The van der Waals surface area contributed by atoms with Crippen LogP contribution < -0.4 is 4.74 Å². The molecule has 1 heterocycles. The van der Waals surface area contributed by atoms with Crippen LogP contribution in [0.5, 0.6) is 5.75 Å². The van der Waals surface area contributed by atoms with Crippen molar-refractivity contribution in [3.05, 3.63) is 29.3 Å². The van der Waals surface area contributed by atoms with E-state index in [1.807, 2.05) is 6.92 Å². The summed E-state index contributed by atoms with van der Waals surface area (Å²) < 4.78 is 37.9. The number of nitrogens with zero attached hydrogens (tertiary/aromatic N) is 1. The van der Waals surface area contributed by atoms with Crippen LogP contribution in [-0.2, 0) is 11.3 Å². The first kappa shape index (κ1) is 15.2. The molecule has 0 bridgehead atoms. The Kier molecular flexibility index (Phi) is 5.31. The molecule has 0 unspecified atom stereocenters. The average Bonchev–Trinajstić information content (AvgIpc) is 2.49. The molecule has 0 spiro atoms. The van der Waals surface area contributed by atoms with Crippen LogP contribution in [0.4, 0.5) is 8.78 Å². The van der Waals surface area contributed by atoms with E-state index in [2.05, 4.69) is 4.90 Å². The van der Waals surface area contributed by atoms with Crippen LogP contribution in [-0.4, -0.2) is 37.8 Å². The Balaban J connectivity index is 2.20. The van der Waals surface area contributed by atoms with Gasteiger partial charge in [-0.2, -0.15) is 0 Å². The van der Waals surface area contributed by atoms with Gasteiger partial charge in [-0.05, 0) is 31.5 Å². The third-order valence-electron chi connectivity index (χ3n) is 3.85. The van der Waals surface area contributed by atoms with Crippen molar-refractivity contribution in [2.24, 2.45) is 0 Å². The van der Waals surface area contributed by atoms with Crippen molar-refractivity contribution in [3.63, 3.8) is 0 Å². The van der Waals surface area contributed by atoms with Crippen LogP contribution in [0.2, 0.25) is 0 Å². The minimum atomic E-state index is -0.830. The van der Waals surface area contributed by atoms with Gasteiger partial charge in [0.05, 0.1) is 7.11 Å². The molecule has 1 aliphatic rings. The van der Waals surface area contributed by atoms with E-state index in [1.54, 1.807) is 0 Å². The molecule has 1 aromatic carbocycles. The number of methoxy groups -OCH3 is 1. The molecule has 1 aliphatic heterocycles. The summed E-state index contributed by atoms with van der Waals surface area (Å²) >= 11 is 0. The highest BCUT2D eigenvalue weighted by atomic mass is 19.2. The number of halogens is 2. The normalized spacial score (nSPS) is 16.6. The molecular formula is C15H21F2NO2. The van der Waals surface area contributed by atoms with Crippen molar-refractivity contribution in [1.82, 2.24) is 4.90 Å². The molecule has 0 radical (unpaired) electrons. The number of ether oxygens (including phenoxy) is 2. The maximum absolute atomic E-state index is 14.0. The number of hydrogen-bond acceptors (Lipinski definition) is 3. The minimum Gasteiger partial charge on any atom is -0.496 e. The second-order valence-corrected chi connectivity index (χ2v) is 4.95. The lowest BCUT2D eigenvalue weighted by atomic mass is 10.1. The zero-order valence-electron chi connectivity index (χ0n) is 12.0. The van der Waals surface area contributed by atoms with Gasteiger partial charge in [0.2, 0.25) is 0 Å². The average molecular weight is 285 g/mol. The molecule has 1 aromatic rings. The molecule has 2 rings (SSSR count). The van der Waals surface area contributed by atoms with E-state index in [1.165, 1.54) is 13.2 Å². The molecular weight excluding hydrogens is 264 g/mol. The summed E-state index contributed by atoms with van der Waals surface area (Å²) in [5.74, 6) is -1.24. The lowest BCUT2D eigenvalue weighted by Gasteiger charge is -2.33. The highest BCUT2D eigenvalue weighted by Crippen LogP contribution is 2.27. The summed E-state index contributed by atoms with van der Waals surface area (Å²) in [5.41, 5.74) is 0.292. The molecule has 5 heteroatoms. The zero-order chi connectivity index (χ0) is 14.5. The summed E-state index contributed by atoms with van der Waals surface area (Å²) in [7, 11) is 1.47. The van der Waals surface area contributed by atoms with Gasteiger partial charge in [0.25, 0.3) is 0 Å². The second-order valence-electron chi connectivity index (χ2n) is 4.95. The maximum atomic E-state index is 14.0. The van der Waals surface area contributed by atoms with Crippen molar-refractivity contribution in [3.8, 4) is 5.75 Å². The second kappa shape index (κ2) is 6.99. The lowest BCUT2D eigenvalue weighted by molar-refractivity contribution is 0.0323. The van der Waals surface area contributed by atoms with Gasteiger partial charge in [-0.15, -0.1) is 0 Å². The molecule has 0 aliphatic carbocycles. The lowest BCUT2D eigenvalue weighted by Crippen LogP contribution is -2.39. The topological polar surface area (TPSA) is 21.7 Å². The first-order valence-electron chi connectivity index (χ1n) is 7.00. The zero-order valence-corrected chi connectivity index (χ0v) is 12.0. The molecule has 0 amide bonds. The van der Waals surface area contributed by atoms with E-state index in [-0.39, 0.29) is 0 Å². The molecule has 0 atom stereocenters. The van der Waals surface area contributed by atoms with E-state index >= 15 is 0 Å². The van der Waals surface area contributed by atoms with Gasteiger partial charge in [0, 0.05) is 31.4 Å². The molecule has 0 N–H and O–H groups in total. The molecule has 0 saturated carbocycles. The van der Waals surface area contributed by atoms with Gasteiger partial charge in [0.15, 0.2) is 11.6 Å². The quantitative estimate of drug-likeness (QED) is 0.830. The van der Waals surface area contributed by atoms with Crippen molar-refractivity contribution in [2.45, 2.75) is 32.4 Å². The first-order chi connectivity index (χ1) is 9.67. The minimum absolute atomic E-state index is 0.292. The van der Waals surface area contributed by atoms with Gasteiger partial charge in [0.1, 0.15) is 5.75 Å². The van der Waals surface area contributed by atoms with Gasteiger partial charge in [-0.25, -0.2) is 8.78 Å². The van der Waals surface area contributed by atoms with Crippen molar-refractivity contribution < 1.29 is 18.3 Å². The fourth-order valence-electron chi connectivity index (χ4n) is 2.67. The highest BCUT2D eigenvalue weighted by molar-refractivity contribution is 5.35. The van der Waals surface area contributed by atoms with Crippen LogP contribution in [0.15, 0.2) is 12.1 Å². The van der Waals surface area contributed by atoms with E-state index in [4.69, 9.17) is 9.47 Å². The van der Waals surface area contributed by atoms with Gasteiger partial charge < -0.3 is 9.47 Å². The number of hydrogen-bond donors (Lipinski definition) is 0. The van der Waals surface area contributed by atoms with E-state index in [0.717, 1.165) is 38.7 Å². The third-order valence-corrected chi connectivity index (χ3v) is 3.85. The van der Waals surface area contributed by atoms with E-state index in [9.17, 15) is 8.78 Å². The Morgan fingerprint density at radius 3 is 2.60 bits per heavy atom. The largest absolute Gasteiger partial charge is 0.496 e. The molecule has 0 aromatic heterocycles. The standard InChI is InChI=1S/C15H21F2NO2/c1-3-18(11-6-8-20-9-7-11)10-12-14(19-2)5-4-13(16)15(12)17/h4-5,11H,3,6-10H2,1-2H3. The van der Waals surface area contributed by atoms with Crippen LogP contribution in [0.1, 0.15) is 25.3 Å². The predicted octanol–water partition coefficient (Wildman–Crippen LogP) is 2.97. The summed E-state index contributed by atoms with van der Waals surface area (Å²) in [6.45, 7) is 4.62. The monoisotopic (exact) mass is 285 g/mol. The Bertz CT molecular complexity index is 448. The van der Waals surface area contributed by atoms with Gasteiger partial charge >= 0.3 is 0 Å². The third kappa shape index (κ3) is 3.27. The Morgan fingerprint density at radius 2 is 2.00 bits per heavy atom. The molecule has 3 nitrogen and oxygen atoms in total. The SMILES string of the molecule is CCN(Cc1c(OC)ccc(F)c1F)C1CCOCC1. The molecule has 112 valence electrons. The van der Waals surface area contributed by atoms with Crippen LogP contribution >= 0.6 is 0 Å². The van der Waals surface area contributed by atoms with Crippen LogP contribution in [0.25, 0.3) is 0 Å². The fraction of sp³-hybridized carbons (Fsp3) is 0.600. The van der Waals surface area contributed by atoms with Crippen molar-refractivity contribution >= 4 is 0 Å². The maximum Gasteiger partial charge on any atom is 0.167 e. The first-order valence-corrected chi connectivity index (χ1v) is 7.00. The highest BCUT2D eigenvalue weighted by Gasteiger charge is 2.23. The van der Waals surface area contributed by atoms with Crippen molar-refractivity contribution in [1.29, 1.82) is 0 Å².